The van der Waals surface area contributed by atoms with Gasteiger partial charge in [0, 0.05) is 19.4 Å². The summed E-state index contributed by atoms with van der Waals surface area (Å²) in [6.07, 6.45) is 0.997. The Bertz CT molecular complexity index is 800. The molecule has 0 saturated carbocycles. The molecule has 1 atom stereocenters. The summed E-state index contributed by atoms with van der Waals surface area (Å²) in [7, 11) is 0. The van der Waals surface area contributed by atoms with Gasteiger partial charge in [0.1, 0.15) is 0 Å². The second-order valence-corrected chi connectivity index (χ2v) is 6.01. The van der Waals surface area contributed by atoms with E-state index in [2.05, 4.69) is 39.7 Å². The van der Waals surface area contributed by atoms with Crippen LogP contribution in [0.1, 0.15) is 28.8 Å². The molecule has 0 aliphatic rings. The number of aryl methyl sites for hydroxylation is 1. The third-order valence-corrected chi connectivity index (χ3v) is 4.03. The van der Waals surface area contributed by atoms with E-state index in [-0.39, 0.29) is 18.2 Å². The molecule has 5 nitrogen and oxygen atoms in total. The molecule has 0 saturated heterocycles. The highest BCUT2D eigenvalue weighted by molar-refractivity contribution is 5.77. The van der Waals surface area contributed by atoms with Crippen molar-refractivity contribution in [3.63, 3.8) is 0 Å². The predicted molar refractivity (Wildman–Crippen MR) is 95.1 cm³/mol. The Kier molecular flexibility index (Phi) is 5.57. The minimum Gasteiger partial charge on any atom is -0.355 e. The maximum atomic E-state index is 12.2. The molecule has 1 unspecified atom stereocenters. The Morgan fingerprint density at radius 3 is 2.40 bits per heavy atom. The zero-order valence-corrected chi connectivity index (χ0v) is 14.2. The number of amides is 1. The first-order valence-corrected chi connectivity index (χ1v) is 8.35. The fourth-order valence-electron chi connectivity index (χ4n) is 2.79. The van der Waals surface area contributed by atoms with E-state index in [1.54, 1.807) is 6.92 Å². The summed E-state index contributed by atoms with van der Waals surface area (Å²) >= 11 is 0. The van der Waals surface area contributed by atoms with E-state index in [0.717, 1.165) is 6.42 Å². The van der Waals surface area contributed by atoms with E-state index in [4.69, 9.17) is 4.52 Å². The van der Waals surface area contributed by atoms with Crippen LogP contribution in [-0.4, -0.2) is 22.6 Å². The molecule has 0 fully saturated rings. The number of carbonyl (C=O) groups excluding carboxylic acids is 1. The molecule has 1 amide bonds. The largest absolute Gasteiger partial charge is 0.355 e. The fraction of sp³-hybridized carbons (Fsp3) is 0.250. The predicted octanol–water partition coefficient (Wildman–Crippen LogP) is 3.06. The fourth-order valence-corrected chi connectivity index (χ4v) is 2.79. The highest BCUT2D eigenvalue weighted by atomic mass is 16.5. The maximum absolute atomic E-state index is 12.2. The lowest BCUT2D eigenvalue weighted by molar-refractivity contribution is -0.120. The summed E-state index contributed by atoms with van der Waals surface area (Å²) in [6.45, 7) is 2.27. The first-order chi connectivity index (χ1) is 12.2. The maximum Gasteiger partial charge on any atom is 0.227 e. The van der Waals surface area contributed by atoms with Gasteiger partial charge in [0.15, 0.2) is 5.82 Å². The molecule has 2 aromatic carbocycles. The van der Waals surface area contributed by atoms with E-state index >= 15 is 0 Å². The van der Waals surface area contributed by atoms with Gasteiger partial charge >= 0.3 is 0 Å². The van der Waals surface area contributed by atoms with Gasteiger partial charge in [0.05, 0.1) is 6.42 Å². The molecule has 128 valence electrons. The first kappa shape index (κ1) is 16.9. The quantitative estimate of drug-likeness (QED) is 0.720. The zero-order valence-electron chi connectivity index (χ0n) is 14.2. The van der Waals surface area contributed by atoms with Crippen LogP contribution in [0.3, 0.4) is 0 Å². The average molecular weight is 335 g/mol. The van der Waals surface area contributed by atoms with Gasteiger partial charge in [0.25, 0.3) is 0 Å². The Balaban J connectivity index is 1.64. The van der Waals surface area contributed by atoms with E-state index < -0.39 is 0 Å². The SMILES string of the molecule is Cc1nc(CC(=O)NCC(Cc2ccccc2)c2ccccc2)no1. The Morgan fingerprint density at radius 1 is 1.08 bits per heavy atom. The number of hydrogen-bond donors (Lipinski definition) is 1. The van der Waals surface area contributed by atoms with Crippen LogP contribution >= 0.6 is 0 Å². The number of benzene rings is 2. The number of rotatable bonds is 7. The molecule has 1 N–H and O–H groups in total. The van der Waals surface area contributed by atoms with Gasteiger partial charge in [-0.1, -0.05) is 65.8 Å². The molecule has 3 aromatic rings. The first-order valence-electron chi connectivity index (χ1n) is 8.35. The summed E-state index contributed by atoms with van der Waals surface area (Å²) in [5, 5.41) is 6.76. The van der Waals surface area contributed by atoms with Crippen molar-refractivity contribution < 1.29 is 9.32 Å². The van der Waals surface area contributed by atoms with E-state index in [1.165, 1.54) is 11.1 Å². The number of aromatic nitrogens is 2. The zero-order chi connectivity index (χ0) is 17.5. The van der Waals surface area contributed by atoms with Crippen LogP contribution in [-0.2, 0) is 17.6 Å². The van der Waals surface area contributed by atoms with E-state index in [1.807, 2.05) is 36.4 Å². The van der Waals surface area contributed by atoms with Gasteiger partial charge in [-0.3, -0.25) is 4.79 Å². The van der Waals surface area contributed by atoms with Gasteiger partial charge in [-0.05, 0) is 17.5 Å². The summed E-state index contributed by atoms with van der Waals surface area (Å²) < 4.78 is 4.90. The Hall–Kier alpha value is -2.95. The number of hydrogen-bond acceptors (Lipinski definition) is 4. The molecule has 0 aliphatic heterocycles. The van der Waals surface area contributed by atoms with Crippen LogP contribution in [0.25, 0.3) is 0 Å². The van der Waals surface area contributed by atoms with Gasteiger partial charge in [-0.15, -0.1) is 0 Å². The summed E-state index contributed by atoms with van der Waals surface area (Å²) in [4.78, 5) is 16.2. The van der Waals surface area contributed by atoms with Crippen molar-refractivity contribution in [2.45, 2.75) is 25.7 Å². The van der Waals surface area contributed by atoms with Crippen molar-refractivity contribution in [1.82, 2.24) is 15.5 Å². The van der Waals surface area contributed by atoms with Crippen molar-refractivity contribution in [3.05, 3.63) is 83.5 Å². The highest BCUT2D eigenvalue weighted by Crippen LogP contribution is 2.20. The normalized spacial score (nSPS) is 11.9. The van der Waals surface area contributed by atoms with Gasteiger partial charge in [-0.2, -0.15) is 4.98 Å². The third kappa shape index (κ3) is 5.01. The third-order valence-electron chi connectivity index (χ3n) is 4.03. The molecule has 0 bridgehead atoms. The number of carbonyl (C=O) groups is 1. The summed E-state index contributed by atoms with van der Waals surface area (Å²) in [5.41, 5.74) is 2.46. The molecule has 0 spiro atoms. The van der Waals surface area contributed by atoms with Crippen LogP contribution in [0.2, 0.25) is 0 Å². The second-order valence-electron chi connectivity index (χ2n) is 6.01. The highest BCUT2D eigenvalue weighted by Gasteiger charge is 2.15. The second kappa shape index (κ2) is 8.24. The smallest absolute Gasteiger partial charge is 0.227 e. The van der Waals surface area contributed by atoms with E-state index in [9.17, 15) is 4.79 Å². The minimum absolute atomic E-state index is 0.102. The van der Waals surface area contributed by atoms with Gasteiger partial charge in [-0.25, -0.2) is 0 Å². The summed E-state index contributed by atoms with van der Waals surface area (Å²) in [6, 6.07) is 20.6. The van der Waals surface area contributed by atoms with Crippen molar-refractivity contribution in [3.8, 4) is 0 Å². The standard InChI is InChI=1S/C20H21N3O2/c1-15-22-19(23-25-15)13-20(24)21-14-18(17-10-6-3-7-11-17)12-16-8-4-2-5-9-16/h2-11,18H,12-14H2,1H3,(H,21,24). The van der Waals surface area contributed by atoms with Crippen molar-refractivity contribution in [1.29, 1.82) is 0 Å². The molecule has 1 aromatic heterocycles. The molecule has 1 heterocycles. The van der Waals surface area contributed by atoms with Crippen LogP contribution in [0.5, 0.6) is 0 Å². The molecule has 5 heteroatoms. The Labute approximate surface area is 147 Å². The van der Waals surface area contributed by atoms with Crippen LogP contribution in [0, 0.1) is 6.92 Å². The molecule has 0 radical (unpaired) electrons. The molecule has 25 heavy (non-hydrogen) atoms. The molecule has 0 aliphatic carbocycles. The monoisotopic (exact) mass is 335 g/mol. The van der Waals surface area contributed by atoms with Crippen LogP contribution in [0.4, 0.5) is 0 Å². The number of nitrogens with one attached hydrogen (secondary N) is 1. The molecule has 3 rings (SSSR count). The lowest BCUT2D eigenvalue weighted by atomic mass is 9.92. The van der Waals surface area contributed by atoms with Gasteiger partial charge in [0.2, 0.25) is 11.8 Å². The van der Waals surface area contributed by atoms with Gasteiger partial charge < -0.3 is 9.84 Å². The Morgan fingerprint density at radius 2 is 1.76 bits per heavy atom. The van der Waals surface area contributed by atoms with Crippen molar-refractivity contribution in [2.24, 2.45) is 0 Å². The van der Waals surface area contributed by atoms with E-state index in [0.29, 0.717) is 18.3 Å². The lowest BCUT2D eigenvalue weighted by Gasteiger charge is -2.18. The van der Waals surface area contributed by atoms with Crippen molar-refractivity contribution in [2.75, 3.05) is 6.54 Å². The van der Waals surface area contributed by atoms with Crippen molar-refractivity contribution >= 4 is 5.91 Å². The topological polar surface area (TPSA) is 68.0 Å². The molecular formula is C20H21N3O2. The molecular weight excluding hydrogens is 314 g/mol. The minimum atomic E-state index is -0.102. The van der Waals surface area contributed by atoms with Crippen LogP contribution in [0.15, 0.2) is 65.2 Å². The average Bonchev–Trinajstić information content (AvgIpc) is 3.05. The van der Waals surface area contributed by atoms with Crippen LogP contribution < -0.4 is 5.32 Å². The lowest BCUT2D eigenvalue weighted by Crippen LogP contribution is -2.30. The summed E-state index contributed by atoms with van der Waals surface area (Å²) in [5.74, 6) is 0.984. The number of nitrogens with zero attached hydrogens (tertiary/aromatic N) is 2.